The monoisotopic (exact) mass is 234 g/mol. The van der Waals surface area contributed by atoms with Gasteiger partial charge < -0.3 is 19.8 Å². The van der Waals surface area contributed by atoms with Crippen molar-refractivity contribution in [2.45, 2.75) is 26.7 Å². The molecular weight excluding hydrogens is 225 g/mol. The van der Waals surface area contributed by atoms with E-state index >= 15 is 0 Å². The van der Waals surface area contributed by atoms with Crippen molar-refractivity contribution in [2.24, 2.45) is 0 Å². The Morgan fingerprint density at radius 1 is 0.923 bits per heavy atom. The number of rotatable bonds is 4. The van der Waals surface area contributed by atoms with Gasteiger partial charge in [-0.3, -0.25) is 0 Å². The Hall–Kier alpha value is -0.697. The van der Waals surface area contributed by atoms with Gasteiger partial charge >= 0.3 is 19.5 Å². The second-order valence-corrected chi connectivity index (χ2v) is 2.24. The summed E-state index contributed by atoms with van der Waals surface area (Å²) >= 11 is 0. The molecule has 0 aliphatic carbocycles. The van der Waals surface area contributed by atoms with E-state index in [9.17, 15) is 19.8 Å². The minimum absolute atomic E-state index is 0. The summed E-state index contributed by atoms with van der Waals surface area (Å²) < 4.78 is 0. The molecule has 0 fully saturated rings. The Kier molecular flexibility index (Phi) is 7.72. The number of hydrogen-bond acceptors (Lipinski definition) is 4. The molecule has 13 heavy (non-hydrogen) atoms. The van der Waals surface area contributed by atoms with Crippen molar-refractivity contribution in [3.05, 3.63) is 11.1 Å². The SMILES string of the molecule is CCC(C(=O)[O-])=C(CC)C(=O)[O-].[Zn+2]. The van der Waals surface area contributed by atoms with Gasteiger partial charge in [-0.2, -0.15) is 0 Å². The number of carbonyl (C=O) groups is 2. The van der Waals surface area contributed by atoms with Gasteiger partial charge in [-0.05, 0) is 24.0 Å². The van der Waals surface area contributed by atoms with Crippen LogP contribution in [0.4, 0.5) is 0 Å². The van der Waals surface area contributed by atoms with E-state index in [1.165, 1.54) is 0 Å². The molecule has 0 aromatic carbocycles. The van der Waals surface area contributed by atoms with Gasteiger partial charge in [0.1, 0.15) is 0 Å². The quantitative estimate of drug-likeness (QED) is 0.443. The molecule has 0 amide bonds. The maximum atomic E-state index is 10.4. The predicted molar refractivity (Wildman–Crippen MR) is 37.6 cm³/mol. The number of hydrogen-bond donors (Lipinski definition) is 0. The van der Waals surface area contributed by atoms with E-state index in [4.69, 9.17) is 0 Å². The van der Waals surface area contributed by atoms with Crippen LogP contribution in [0.1, 0.15) is 26.7 Å². The maximum Gasteiger partial charge on any atom is 2.00 e. The Morgan fingerprint density at radius 3 is 1.23 bits per heavy atom. The van der Waals surface area contributed by atoms with Gasteiger partial charge in [0.05, 0.1) is 11.9 Å². The van der Waals surface area contributed by atoms with Crippen LogP contribution in [-0.4, -0.2) is 11.9 Å². The summed E-state index contributed by atoms with van der Waals surface area (Å²) in [6.07, 6.45) is 0.277. The van der Waals surface area contributed by atoms with Crippen LogP contribution in [0.5, 0.6) is 0 Å². The number of carboxylic acids is 2. The summed E-state index contributed by atoms with van der Waals surface area (Å²) in [7, 11) is 0. The topological polar surface area (TPSA) is 80.3 Å². The van der Waals surface area contributed by atoms with Crippen molar-refractivity contribution in [3.8, 4) is 0 Å². The largest absolute Gasteiger partial charge is 2.00 e. The molecule has 0 aliphatic rings. The number of carboxylic acid groups (broad SMARTS) is 2. The molecule has 0 aliphatic heterocycles. The van der Waals surface area contributed by atoms with Crippen LogP contribution in [-0.2, 0) is 29.1 Å². The minimum atomic E-state index is -1.43. The van der Waals surface area contributed by atoms with Gasteiger partial charge in [-0.25, -0.2) is 0 Å². The van der Waals surface area contributed by atoms with Gasteiger partial charge in [0.2, 0.25) is 0 Å². The van der Waals surface area contributed by atoms with Crippen LogP contribution in [0.3, 0.4) is 0 Å². The molecule has 0 radical (unpaired) electrons. The number of aliphatic carboxylic acids is 2. The first-order chi connectivity index (χ1) is 5.54. The molecule has 0 spiro atoms. The molecule has 0 N–H and O–H groups in total. The third-order valence-electron chi connectivity index (χ3n) is 1.56. The smallest absolute Gasteiger partial charge is 0.545 e. The zero-order valence-electron chi connectivity index (χ0n) is 7.75. The fourth-order valence-corrected chi connectivity index (χ4v) is 0.962. The second kappa shape index (κ2) is 6.78. The average Bonchev–Trinajstić information content (AvgIpc) is 1.98. The Morgan fingerprint density at radius 2 is 1.15 bits per heavy atom. The summed E-state index contributed by atoms with van der Waals surface area (Å²) in [6, 6.07) is 0. The van der Waals surface area contributed by atoms with Gasteiger partial charge in [-0.1, -0.05) is 13.8 Å². The second-order valence-electron chi connectivity index (χ2n) is 2.24. The van der Waals surface area contributed by atoms with Crippen LogP contribution in [0, 0.1) is 0 Å². The van der Waals surface area contributed by atoms with E-state index in [1.54, 1.807) is 13.8 Å². The Labute approximate surface area is 89.4 Å². The molecule has 0 saturated heterocycles. The van der Waals surface area contributed by atoms with E-state index in [0.717, 1.165) is 0 Å². The molecule has 5 heteroatoms. The molecule has 4 nitrogen and oxygen atoms in total. The van der Waals surface area contributed by atoms with Crippen molar-refractivity contribution < 1.29 is 39.3 Å². The molecule has 0 bridgehead atoms. The standard InChI is InChI=1S/C8H12O4.Zn/c1-3-5(7(9)10)6(4-2)8(11)12;/h3-4H2,1-2H3,(H,9,10)(H,11,12);/q;+2/p-2. The number of carbonyl (C=O) groups excluding carboxylic acids is 2. The summed E-state index contributed by atoms with van der Waals surface area (Å²) in [5.41, 5.74) is -0.366. The van der Waals surface area contributed by atoms with Crippen LogP contribution in [0.15, 0.2) is 11.1 Å². The van der Waals surface area contributed by atoms with Crippen molar-refractivity contribution in [3.63, 3.8) is 0 Å². The van der Waals surface area contributed by atoms with Crippen molar-refractivity contribution in [2.75, 3.05) is 0 Å². The summed E-state index contributed by atoms with van der Waals surface area (Å²) in [6.45, 7) is 3.12. The maximum absolute atomic E-state index is 10.4. The van der Waals surface area contributed by atoms with Crippen molar-refractivity contribution >= 4 is 11.9 Å². The fraction of sp³-hybridized carbons (Fsp3) is 0.500. The Balaban J connectivity index is 0. The fourth-order valence-electron chi connectivity index (χ4n) is 0.962. The van der Waals surface area contributed by atoms with E-state index in [1.807, 2.05) is 0 Å². The van der Waals surface area contributed by atoms with Crippen molar-refractivity contribution in [1.82, 2.24) is 0 Å². The molecule has 0 atom stereocenters. The molecule has 0 aromatic rings. The third-order valence-corrected chi connectivity index (χ3v) is 1.56. The normalized spacial score (nSPS) is 11.2. The van der Waals surface area contributed by atoms with Gasteiger partial charge in [0.25, 0.3) is 0 Å². The van der Waals surface area contributed by atoms with Gasteiger partial charge in [0, 0.05) is 0 Å². The van der Waals surface area contributed by atoms with Crippen LogP contribution >= 0.6 is 0 Å². The zero-order chi connectivity index (χ0) is 9.72. The van der Waals surface area contributed by atoms with E-state index in [0.29, 0.717) is 0 Å². The Bertz CT molecular complexity index is 208. The summed E-state index contributed by atoms with van der Waals surface area (Å²) in [5, 5.41) is 20.8. The first-order valence-electron chi connectivity index (χ1n) is 3.69. The predicted octanol–water partition coefficient (Wildman–Crippen LogP) is -1.40. The summed E-state index contributed by atoms with van der Waals surface area (Å²) in [5.74, 6) is -2.86. The minimum Gasteiger partial charge on any atom is -0.545 e. The molecule has 0 heterocycles. The van der Waals surface area contributed by atoms with Gasteiger partial charge in [-0.15, -0.1) is 0 Å². The van der Waals surface area contributed by atoms with E-state index in [-0.39, 0.29) is 43.5 Å². The molecule has 0 saturated carbocycles. The molecule has 0 unspecified atom stereocenters. The molecule has 0 aromatic heterocycles. The van der Waals surface area contributed by atoms with Crippen LogP contribution in [0.2, 0.25) is 0 Å². The first kappa shape index (κ1) is 14.8. The molecular formula is C8H10O4Zn. The first-order valence-corrected chi connectivity index (χ1v) is 3.69. The average molecular weight is 236 g/mol. The van der Waals surface area contributed by atoms with E-state index in [2.05, 4.69) is 0 Å². The zero-order valence-corrected chi connectivity index (χ0v) is 10.7. The van der Waals surface area contributed by atoms with Crippen molar-refractivity contribution in [1.29, 1.82) is 0 Å². The third kappa shape index (κ3) is 4.18. The van der Waals surface area contributed by atoms with E-state index < -0.39 is 11.9 Å². The van der Waals surface area contributed by atoms with Crippen LogP contribution < -0.4 is 10.2 Å². The van der Waals surface area contributed by atoms with Gasteiger partial charge in [0.15, 0.2) is 0 Å². The molecule has 0 rings (SSSR count). The molecule has 68 valence electrons. The summed E-state index contributed by atoms with van der Waals surface area (Å²) in [4.78, 5) is 20.8. The van der Waals surface area contributed by atoms with Crippen LogP contribution in [0.25, 0.3) is 0 Å².